The number of benzene rings is 2. The molecule has 0 aliphatic rings. The van der Waals surface area contributed by atoms with Crippen molar-refractivity contribution in [3.05, 3.63) is 89.9 Å². The smallest absolute Gasteiger partial charge is 0.341 e. The SMILES string of the molecule is C[C@@H](OC(=O)c1ccccc1NCc1ccco1)C(=O)NNC(=O)c1ccccc1. The molecule has 3 rings (SSSR count). The summed E-state index contributed by atoms with van der Waals surface area (Å²) >= 11 is 0. The molecule has 1 aromatic heterocycles. The monoisotopic (exact) mass is 407 g/mol. The van der Waals surface area contributed by atoms with Crippen LogP contribution >= 0.6 is 0 Å². The van der Waals surface area contributed by atoms with Crippen molar-refractivity contribution in [3.63, 3.8) is 0 Å². The standard InChI is InChI=1S/C22H21N3O5/c1-15(20(26)24-25-21(27)16-8-3-2-4-9-16)30-22(28)18-11-5-6-12-19(18)23-14-17-10-7-13-29-17/h2-13,15,23H,14H2,1H3,(H,24,26)(H,25,27)/t15-/m1/s1. The highest BCUT2D eigenvalue weighted by molar-refractivity contribution is 5.98. The molecule has 0 saturated heterocycles. The van der Waals surface area contributed by atoms with Gasteiger partial charge >= 0.3 is 5.97 Å². The van der Waals surface area contributed by atoms with E-state index in [4.69, 9.17) is 9.15 Å². The van der Waals surface area contributed by atoms with E-state index < -0.39 is 23.9 Å². The van der Waals surface area contributed by atoms with Gasteiger partial charge in [-0.25, -0.2) is 4.79 Å². The molecular weight excluding hydrogens is 386 g/mol. The quantitative estimate of drug-likeness (QED) is 0.410. The Kier molecular flexibility index (Phi) is 6.83. The van der Waals surface area contributed by atoms with Crippen LogP contribution in [-0.4, -0.2) is 23.9 Å². The zero-order chi connectivity index (χ0) is 21.3. The third-order valence-corrected chi connectivity index (χ3v) is 4.17. The molecule has 154 valence electrons. The molecule has 3 aromatic rings. The Balaban J connectivity index is 1.54. The zero-order valence-electron chi connectivity index (χ0n) is 16.3. The van der Waals surface area contributed by atoms with Crippen LogP contribution in [-0.2, 0) is 16.1 Å². The minimum absolute atomic E-state index is 0.275. The number of furan rings is 1. The number of nitrogens with one attached hydrogen (secondary N) is 3. The Morgan fingerprint density at radius 3 is 2.40 bits per heavy atom. The van der Waals surface area contributed by atoms with Gasteiger partial charge in [0.05, 0.1) is 18.4 Å². The van der Waals surface area contributed by atoms with Gasteiger partial charge in [0.1, 0.15) is 5.76 Å². The van der Waals surface area contributed by atoms with Crippen molar-refractivity contribution in [3.8, 4) is 0 Å². The van der Waals surface area contributed by atoms with Crippen LogP contribution in [0.25, 0.3) is 0 Å². The van der Waals surface area contributed by atoms with Gasteiger partial charge in [-0.15, -0.1) is 0 Å². The molecule has 1 atom stereocenters. The lowest BCUT2D eigenvalue weighted by Crippen LogP contribution is -2.46. The molecule has 2 amide bonds. The van der Waals surface area contributed by atoms with Gasteiger partial charge in [-0.2, -0.15) is 0 Å². The fourth-order valence-electron chi connectivity index (χ4n) is 2.57. The molecule has 2 aromatic carbocycles. The highest BCUT2D eigenvalue weighted by Crippen LogP contribution is 2.18. The van der Waals surface area contributed by atoms with E-state index >= 15 is 0 Å². The number of anilines is 1. The molecule has 0 fully saturated rings. The van der Waals surface area contributed by atoms with Crippen LogP contribution in [0.15, 0.2) is 77.4 Å². The molecule has 0 spiro atoms. The molecule has 8 heteroatoms. The number of amides is 2. The average Bonchev–Trinajstić information content (AvgIpc) is 3.30. The molecule has 8 nitrogen and oxygen atoms in total. The van der Waals surface area contributed by atoms with Crippen molar-refractivity contribution in [2.45, 2.75) is 19.6 Å². The topological polar surface area (TPSA) is 110 Å². The Morgan fingerprint density at radius 2 is 1.67 bits per heavy atom. The van der Waals surface area contributed by atoms with Crippen LogP contribution in [0.5, 0.6) is 0 Å². The first-order valence-corrected chi connectivity index (χ1v) is 9.26. The van der Waals surface area contributed by atoms with Crippen molar-refractivity contribution in [1.82, 2.24) is 10.9 Å². The van der Waals surface area contributed by atoms with Gasteiger partial charge in [0.25, 0.3) is 11.8 Å². The van der Waals surface area contributed by atoms with Crippen molar-refractivity contribution >= 4 is 23.5 Å². The van der Waals surface area contributed by atoms with Gasteiger partial charge in [0.15, 0.2) is 6.10 Å². The summed E-state index contributed by atoms with van der Waals surface area (Å²) in [6.45, 7) is 1.81. The minimum Gasteiger partial charge on any atom is -0.467 e. The summed E-state index contributed by atoms with van der Waals surface area (Å²) in [5.41, 5.74) is 5.75. The predicted octanol–water partition coefficient (Wildman–Crippen LogP) is 2.90. The van der Waals surface area contributed by atoms with E-state index in [1.807, 2.05) is 6.07 Å². The van der Waals surface area contributed by atoms with Crippen molar-refractivity contribution in [1.29, 1.82) is 0 Å². The van der Waals surface area contributed by atoms with E-state index in [0.29, 0.717) is 23.6 Å². The number of rotatable bonds is 7. The molecule has 1 heterocycles. The summed E-state index contributed by atoms with van der Waals surface area (Å²) in [5.74, 6) is -1.10. The number of hydrazine groups is 1. The van der Waals surface area contributed by atoms with E-state index in [1.54, 1.807) is 66.9 Å². The maximum absolute atomic E-state index is 12.5. The number of para-hydroxylation sites is 1. The Bertz CT molecular complexity index is 1000. The van der Waals surface area contributed by atoms with Crippen LogP contribution in [0, 0.1) is 0 Å². The van der Waals surface area contributed by atoms with E-state index in [2.05, 4.69) is 16.2 Å². The molecule has 0 bridgehead atoms. The molecule has 3 N–H and O–H groups in total. The molecule has 0 aliphatic carbocycles. The molecule has 30 heavy (non-hydrogen) atoms. The van der Waals surface area contributed by atoms with Crippen LogP contribution in [0.1, 0.15) is 33.4 Å². The second-order valence-corrected chi connectivity index (χ2v) is 6.34. The van der Waals surface area contributed by atoms with E-state index in [-0.39, 0.29) is 5.56 Å². The summed E-state index contributed by atoms with van der Waals surface area (Å²) in [4.78, 5) is 36.7. The second-order valence-electron chi connectivity index (χ2n) is 6.34. The van der Waals surface area contributed by atoms with Gasteiger partial charge in [-0.3, -0.25) is 20.4 Å². The second kappa shape index (κ2) is 9.92. The van der Waals surface area contributed by atoms with Crippen LogP contribution in [0.2, 0.25) is 0 Å². The Hall–Kier alpha value is -4.07. The fraction of sp³-hybridized carbons (Fsp3) is 0.136. The summed E-state index contributed by atoms with van der Waals surface area (Å²) in [7, 11) is 0. The third kappa shape index (κ3) is 5.48. The van der Waals surface area contributed by atoms with Gasteiger partial charge in [-0.05, 0) is 43.3 Å². The van der Waals surface area contributed by atoms with Crippen LogP contribution < -0.4 is 16.2 Å². The fourth-order valence-corrected chi connectivity index (χ4v) is 2.57. The summed E-state index contributed by atoms with van der Waals surface area (Å²) in [5, 5.41) is 3.11. The number of carbonyl (C=O) groups excluding carboxylic acids is 3. The number of hydrogen-bond donors (Lipinski definition) is 3. The maximum Gasteiger partial charge on any atom is 0.341 e. The van der Waals surface area contributed by atoms with Crippen molar-refractivity contribution < 1.29 is 23.5 Å². The lowest BCUT2D eigenvalue weighted by Gasteiger charge is -2.16. The van der Waals surface area contributed by atoms with Crippen molar-refractivity contribution in [2.75, 3.05) is 5.32 Å². The maximum atomic E-state index is 12.5. The average molecular weight is 407 g/mol. The zero-order valence-corrected chi connectivity index (χ0v) is 16.3. The van der Waals surface area contributed by atoms with E-state index in [1.165, 1.54) is 6.92 Å². The lowest BCUT2D eigenvalue weighted by molar-refractivity contribution is -0.129. The van der Waals surface area contributed by atoms with E-state index in [9.17, 15) is 14.4 Å². The van der Waals surface area contributed by atoms with Gasteiger partial charge < -0.3 is 14.5 Å². The first-order valence-electron chi connectivity index (χ1n) is 9.26. The van der Waals surface area contributed by atoms with Gasteiger partial charge in [-0.1, -0.05) is 30.3 Å². The van der Waals surface area contributed by atoms with E-state index in [0.717, 1.165) is 0 Å². The van der Waals surface area contributed by atoms with Gasteiger partial charge in [0.2, 0.25) is 0 Å². The van der Waals surface area contributed by atoms with Crippen LogP contribution in [0.3, 0.4) is 0 Å². The number of esters is 1. The molecular formula is C22H21N3O5. The van der Waals surface area contributed by atoms with Gasteiger partial charge in [0, 0.05) is 11.3 Å². The lowest BCUT2D eigenvalue weighted by atomic mass is 10.1. The first-order chi connectivity index (χ1) is 14.5. The van der Waals surface area contributed by atoms with Crippen LogP contribution in [0.4, 0.5) is 5.69 Å². The van der Waals surface area contributed by atoms with Crippen molar-refractivity contribution in [2.24, 2.45) is 0 Å². The summed E-state index contributed by atoms with van der Waals surface area (Å²) in [6.07, 6.45) is 0.445. The molecule has 0 radical (unpaired) electrons. The third-order valence-electron chi connectivity index (χ3n) is 4.17. The largest absolute Gasteiger partial charge is 0.467 e. The molecule has 0 aliphatic heterocycles. The number of carbonyl (C=O) groups is 3. The summed E-state index contributed by atoms with van der Waals surface area (Å²) < 4.78 is 10.5. The Labute approximate surface area is 173 Å². The highest BCUT2D eigenvalue weighted by atomic mass is 16.5. The predicted molar refractivity (Wildman–Crippen MR) is 109 cm³/mol. The number of ether oxygens (including phenoxy) is 1. The normalized spacial score (nSPS) is 11.2. The first kappa shape index (κ1) is 20.7. The molecule has 0 unspecified atom stereocenters. The molecule has 0 saturated carbocycles. The summed E-state index contributed by atoms with van der Waals surface area (Å²) in [6, 6.07) is 18.8. The minimum atomic E-state index is -1.12. The highest BCUT2D eigenvalue weighted by Gasteiger charge is 2.21. The Morgan fingerprint density at radius 1 is 0.933 bits per heavy atom. The number of hydrogen-bond acceptors (Lipinski definition) is 6.